The monoisotopic (exact) mass is 339 g/mol. The molecule has 3 N–H and O–H groups in total. The molecule has 1 aliphatic rings. The van der Waals surface area contributed by atoms with E-state index >= 15 is 0 Å². The second-order valence-corrected chi connectivity index (χ2v) is 5.72. The van der Waals surface area contributed by atoms with Gasteiger partial charge in [-0.2, -0.15) is 0 Å². The summed E-state index contributed by atoms with van der Waals surface area (Å²) in [6, 6.07) is 7.41. The molecular weight excluding hydrogens is 314 g/mol. The van der Waals surface area contributed by atoms with E-state index in [1.165, 1.54) is 0 Å². The summed E-state index contributed by atoms with van der Waals surface area (Å²) in [5.41, 5.74) is 1.58. The summed E-state index contributed by atoms with van der Waals surface area (Å²) in [7, 11) is 0. The van der Waals surface area contributed by atoms with Gasteiger partial charge in [-0.15, -0.1) is 12.4 Å². The Morgan fingerprint density at radius 3 is 2.83 bits per heavy atom. The molecule has 0 bridgehead atoms. The second-order valence-electron chi connectivity index (χ2n) is 5.72. The number of piperidine rings is 1. The number of halogens is 1. The van der Waals surface area contributed by atoms with E-state index in [0.717, 1.165) is 37.9 Å². The smallest absolute Gasteiger partial charge is 0.251 e. The second kappa shape index (κ2) is 10.2. The molecule has 2 rings (SSSR count). The third kappa shape index (κ3) is 6.20. The lowest BCUT2D eigenvalue weighted by atomic mass is 9.99. The predicted octanol–water partition coefficient (Wildman–Crippen LogP) is 1.86. The molecule has 5 nitrogen and oxygen atoms in total. The molecule has 1 fully saturated rings. The Bertz CT molecular complexity index is 516. The Kier molecular flexibility index (Phi) is 8.66. The molecule has 1 aliphatic heterocycles. The van der Waals surface area contributed by atoms with Gasteiger partial charge in [0.05, 0.1) is 5.92 Å². The van der Waals surface area contributed by atoms with Crippen molar-refractivity contribution in [3.8, 4) is 0 Å². The van der Waals surface area contributed by atoms with Gasteiger partial charge in [0.25, 0.3) is 5.91 Å². The zero-order chi connectivity index (χ0) is 15.8. The van der Waals surface area contributed by atoms with Crippen LogP contribution in [0, 0.1) is 5.92 Å². The Balaban J connectivity index is 0.00000264. The van der Waals surface area contributed by atoms with Crippen molar-refractivity contribution in [2.24, 2.45) is 5.92 Å². The summed E-state index contributed by atoms with van der Waals surface area (Å²) in [5.74, 6) is 0.0873. The molecular formula is C17H26ClN3O2. The molecule has 1 aromatic carbocycles. The molecule has 1 atom stereocenters. The predicted molar refractivity (Wildman–Crippen MR) is 93.8 cm³/mol. The first-order chi connectivity index (χ1) is 10.7. The van der Waals surface area contributed by atoms with Crippen molar-refractivity contribution < 1.29 is 9.59 Å². The fraction of sp³-hybridized carbons (Fsp3) is 0.529. The quantitative estimate of drug-likeness (QED) is 0.741. The van der Waals surface area contributed by atoms with Gasteiger partial charge in [-0.1, -0.05) is 19.1 Å². The van der Waals surface area contributed by atoms with Gasteiger partial charge in [0, 0.05) is 25.2 Å². The van der Waals surface area contributed by atoms with Crippen LogP contribution in [0.4, 0.5) is 0 Å². The summed E-state index contributed by atoms with van der Waals surface area (Å²) in [4.78, 5) is 24.0. The van der Waals surface area contributed by atoms with E-state index < -0.39 is 0 Å². The van der Waals surface area contributed by atoms with Crippen LogP contribution < -0.4 is 16.0 Å². The number of hydrogen-bond donors (Lipinski definition) is 3. The third-order valence-electron chi connectivity index (χ3n) is 3.86. The van der Waals surface area contributed by atoms with Crippen LogP contribution in [0.1, 0.15) is 42.1 Å². The molecule has 23 heavy (non-hydrogen) atoms. The number of benzene rings is 1. The number of nitrogens with one attached hydrogen (secondary N) is 3. The maximum atomic E-state index is 12.1. The average Bonchev–Trinajstić information content (AvgIpc) is 2.58. The lowest BCUT2D eigenvalue weighted by Crippen LogP contribution is -2.40. The van der Waals surface area contributed by atoms with Crippen LogP contribution in [0.15, 0.2) is 24.3 Å². The van der Waals surface area contributed by atoms with Crippen LogP contribution in [-0.2, 0) is 11.3 Å². The number of amides is 2. The highest BCUT2D eigenvalue weighted by atomic mass is 35.5. The molecule has 0 aliphatic carbocycles. The standard InChI is InChI=1S/C17H25N3O2.ClH/c1-2-8-19-16(21)14-6-3-5-13(10-14)11-20-17(22)15-7-4-9-18-12-15;/h3,5-6,10,15,18H,2,4,7-9,11-12H2,1H3,(H,19,21)(H,20,22);1H. The average molecular weight is 340 g/mol. The SMILES string of the molecule is CCCNC(=O)c1cccc(CNC(=O)C2CCCNC2)c1.Cl. The van der Waals surface area contributed by atoms with Crippen molar-refractivity contribution in [3.63, 3.8) is 0 Å². The topological polar surface area (TPSA) is 70.2 Å². The molecule has 1 saturated heterocycles. The highest BCUT2D eigenvalue weighted by Crippen LogP contribution is 2.11. The fourth-order valence-corrected chi connectivity index (χ4v) is 2.57. The minimum Gasteiger partial charge on any atom is -0.352 e. The van der Waals surface area contributed by atoms with Crippen LogP contribution in [0.25, 0.3) is 0 Å². The van der Waals surface area contributed by atoms with E-state index in [2.05, 4.69) is 16.0 Å². The summed E-state index contributed by atoms with van der Waals surface area (Å²) >= 11 is 0. The minimum absolute atomic E-state index is 0. The van der Waals surface area contributed by atoms with Crippen LogP contribution in [0.5, 0.6) is 0 Å². The minimum atomic E-state index is -0.0634. The molecule has 0 spiro atoms. The molecule has 0 aromatic heterocycles. The van der Waals surface area contributed by atoms with Gasteiger partial charge < -0.3 is 16.0 Å². The number of carbonyl (C=O) groups excluding carboxylic acids is 2. The normalized spacial score (nSPS) is 17.0. The summed E-state index contributed by atoms with van der Waals surface area (Å²) < 4.78 is 0. The Morgan fingerprint density at radius 2 is 2.13 bits per heavy atom. The third-order valence-corrected chi connectivity index (χ3v) is 3.86. The van der Waals surface area contributed by atoms with Gasteiger partial charge in [0.2, 0.25) is 5.91 Å². The van der Waals surface area contributed by atoms with E-state index in [1.807, 2.05) is 25.1 Å². The van der Waals surface area contributed by atoms with Crippen molar-refractivity contribution in [1.29, 1.82) is 0 Å². The van der Waals surface area contributed by atoms with Crippen LogP contribution in [0.2, 0.25) is 0 Å². The van der Waals surface area contributed by atoms with Crippen molar-refractivity contribution in [2.45, 2.75) is 32.7 Å². The van der Waals surface area contributed by atoms with E-state index in [0.29, 0.717) is 18.7 Å². The molecule has 0 saturated carbocycles. The molecule has 1 heterocycles. The first-order valence-electron chi connectivity index (χ1n) is 8.06. The van der Waals surface area contributed by atoms with Gasteiger partial charge in [-0.25, -0.2) is 0 Å². The molecule has 128 valence electrons. The van der Waals surface area contributed by atoms with Gasteiger partial charge in [0.1, 0.15) is 0 Å². The van der Waals surface area contributed by atoms with Crippen LogP contribution >= 0.6 is 12.4 Å². The van der Waals surface area contributed by atoms with Crippen LogP contribution in [-0.4, -0.2) is 31.4 Å². The van der Waals surface area contributed by atoms with Gasteiger partial charge in [0.15, 0.2) is 0 Å². The largest absolute Gasteiger partial charge is 0.352 e. The maximum Gasteiger partial charge on any atom is 0.251 e. The van der Waals surface area contributed by atoms with Crippen LogP contribution in [0.3, 0.4) is 0 Å². The Hall–Kier alpha value is -1.59. The highest BCUT2D eigenvalue weighted by molar-refractivity contribution is 5.94. The summed E-state index contributed by atoms with van der Waals surface area (Å²) in [6.07, 6.45) is 2.90. The molecule has 1 unspecified atom stereocenters. The highest BCUT2D eigenvalue weighted by Gasteiger charge is 2.20. The van der Waals surface area contributed by atoms with Gasteiger partial charge in [-0.05, 0) is 43.5 Å². The van der Waals surface area contributed by atoms with Crippen molar-refractivity contribution >= 4 is 24.2 Å². The number of carbonyl (C=O) groups is 2. The summed E-state index contributed by atoms with van der Waals surface area (Å²) in [6.45, 7) is 4.91. The first kappa shape index (κ1) is 19.5. The molecule has 2 amide bonds. The summed E-state index contributed by atoms with van der Waals surface area (Å²) in [5, 5.41) is 9.07. The molecule has 6 heteroatoms. The van der Waals surface area contributed by atoms with E-state index in [1.54, 1.807) is 6.07 Å². The Morgan fingerprint density at radius 1 is 1.30 bits per heavy atom. The van der Waals surface area contributed by atoms with E-state index in [4.69, 9.17) is 0 Å². The van der Waals surface area contributed by atoms with Crippen molar-refractivity contribution in [3.05, 3.63) is 35.4 Å². The van der Waals surface area contributed by atoms with Crippen molar-refractivity contribution in [2.75, 3.05) is 19.6 Å². The Labute approximate surface area is 144 Å². The first-order valence-corrected chi connectivity index (χ1v) is 8.06. The van der Waals surface area contributed by atoms with Gasteiger partial charge >= 0.3 is 0 Å². The lowest BCUT2D eigenvalue weighted by Gasteiger charge is -2.21. The molecule has 0 radical (unpaired) electrons. The molecule has 1 aromatic rings. The van der Waals surface area contributed by atoms with Gasteiger partial charge in [-0.3, -0.25) is 9.59 Å². The zero-order valence-corrected chi connectivity index (χ0v) is 14.4. The lowest BCUT2D eigenvalue weighted by molar-refractivity contribution is -0.125. The van der Waals surface area contributed by atoms with E-state index in [-0.39, 0.29) is 30.1 Å². The van der Waals surface area contributed by atoms with E-state index in [9.17, 15) is 9.59 Å². The number of rotatable bonds is 6. The number of hydrogen-bond acceptors (Lipinski definition) is 3. The fourth-order valence-electron chi connectivity index (χ4n) is 2.57. The zero-order valence-electron chi connectivity index (χ0n) is 13.6. The van der Waals surface area contributed by atoms with Crippen molar-refractivity contribution in [1.82, 2.24) is 16.0 Å². The maximum absolute atomic E-state index is 12.1.